The number of hydrogen-bond acceptors (Lipinski definition) is 5. The number of H-pyrrole nitrogens is 1. The number of nitrogens with one attached hydrogen (secondary N) is 1. The van der Waals surface area contributed by atoms with Gasteiger partial charge in [0.25, 0.3) is 5.56 Å². The molecule has 0 fully saturated rings. The Balaban J connectivity index is 1.98. The van der Waals surface area contributed by atoms with Crippen LogP contribution in [0.5, 0.6) is 0 Å². The van der Waals surface area contributed by atoms with Crippen LogP contribution in [0.4, 0.5) is 4.39 Å². The summed E-state index contributed by atoms with van der Waals surface area (Å²) in [6, 6.07) is 5.99. The van der Waals surface area contributed by atoms with E-state index in [2.05, 4.69) is 9.97 Å². The monoisotopic (exact) mass is 377 g/mol. The first kappa shape index (κ1) is 17.6. The summed E-state index contributed by atoms with van der Waals surface area (Å²) in [5.41, 5.74) is 1.22. The number of aromatic nitrogens is 2. The molecule has 3 aromatic rings. The number of amides is 1. The van der Waals surface area contributed by atoms with Gasteiger partial charge in [-0.25, -0.2) is 9.37 Å². The van der Waals surface area contributed by atoms with E-state index >= 15 is 0 Å². The second-order valence-corrected chi connectivity index (χ2v) is 7.89. The van der Waals surface area contributed by atoms with Crippen LogP contribution >= 0.6 is 23.1 Å². The molecule has 0 aliphatic rings. The van der Waals surface area contributed by atoms with E-state index in [4.69, 9.17) is 0 Å². The second-order valence-electron chi connectivity index (χ2n) is 5.70. The van der Waals surface area contributed by atoms with Gasteiger partial charge in [-0.15, -0.1) is 11.3 Å². The van der Waals surface area contributed by atoms with E-state index in [0.717, 1.165) is 11.1 Å². The Labute approximate surface area is 151 Å². The van der Waals surface area contributed by atoms with Crippen molar-refractivity contribution in [2.24, 2.45) is 0 Å². The molecule has 8 heteroatoms. The number of fused-ring (bicyclic) bond motifs is 1. The first-order chi connectivity index (χ1) is 11.9. The number of rotatable bonds is 4. The van der Waals surface area contributed by atoms with Crippen molar-refractivity contribution in [3.8, 4) is 11.1 Å². The molecule has 1 aromatic carbocycles. The molecule has 0 aliphatic heterocycles. The maximum Gasteiger partial charge on any atom is 0.260 e. The van der Waals surface area contributed by atoms with E-state index in [1.165, 1.54) is 40.1 Å². The number of carbonyl (C=O) groups excluding carboxylic acids is 1. The van der Waals surface area contributed by atoms with Gasteiger partial charge >= 0.3 is 0 Å². The van der Waals surface area contributed by atoms with E-state index < -0.39 is 0 Å². The van der Waals surface area contributed by atoms with Crippen molar-refractivity contribution in [1.29, 1.82) is 0 Å². The zero-order valence-corrected chi connectivity index (χ0v) is 15.5. The van der Waals surface area contributed by atoms with Gasteiger partial charge in [-0.05, 0) is 24.6 Å². The highest BCUT2D eigenvalue weighted by Gasteiger charge is 2.19. The Morgan fingerprint density at radius 2 is 2.00 bits per heavy atom. The third-order valence-corrected chi connectivity index (χ3v) is 5.50. The molecule has 130 valence electrons. The van der Waals surface area contributed by atoms with Crippen molar-refractivity contribution < 1.29 is 9.18 Å². The lowest BCUT2D eigenvalue weighted by Crippen LogP contribution is -2.30. The van der Waals surface area contributed by atoms with Crippen molar-refractivity contribution in [1.82, 2.24) is 14.9 Å². The zero-order valence-electron chi connectivity index (χ0n) is 13.9. The smallest absolute Gasteiger partial charge is 0.260 e. The minimum absolute atomic E-state index is 0.0501. The normalized spacial score (nSPS) is 12.3. The Bertz CT molecular complexity index is 980. The SMILES string of the molecule is CC(Sc1nc2scc(-c3ccc(F)cc3)c2c(=O)[nH]1)C(=O)N(C)C. The number of thiophene rings is 1. The van der Waals surface area contributed by atoms with Crippen LogP contribution in [0.25, 0.3) is 21.3 Å². The molecule has 25 heavy (non-hydrogen) atoms. The van der Waals surface area contributed by atoms with Gasteiger partial charge in [-0.2, -0.15) is 0 Å². The highest BCUT2D eigenvalue weighted by atomic mass is 32.2. The van der Waals surface area contributed by atoms with Crippen LogP contribution in [-0.2, 0) is 4.79 Å². The molecule has 0 spiro atoms. The van der Waals surface area contributed by atoms with Crippen LogP contribution in [0.2, 0.25) is 0 Å². The number of benzene rings is 1. The third kappa shape index (κ3) is 3.59. The Morgan fingerprint density at radius 1 is 1.32 bits per heavy atom. The van der Waals surface area contributed by atoms with Gasteiger partial charge < -0.3 is 9.88 Å². The number of aromatic amines is 1. The van der Waals surface area contributed by atoms with Crippen molar-refractivity contribution in [3.05, 3.63) is 45.8 Å². The Morgan fingerprint density at radius 3 is 2.64 bits per heavy atom. The van der Waals surface area contributed by atoms with Gasteiger partial charge in [-0.1, -0.05) is 23.9 Å². The van der Waals surface area contributed by atoms with Crippen molar-refractivity contribution >= 4 is 39.2 Å². The fraction of sp³-hybridized carbons (Fsp3) is 0.235. The number of nitrogens with zero attached hydrogens (tertiary/aromatic N) is 2. The molecule has 0 bridgehead atoms. The quantitative estimate of drug-likeness (QED) is 0.559. The third-order valence-electron chi connectivity index (χ3n) is 3.65. The molecule has 2 aromatic heterocycles. The molecule has 1 N–H and O–H groups in total. The first-order valence-electron chi connectivity index (χ1n) is 7.52. The van der Waals surface area contributed by atoms with Crippen LogP contribution in [-0.4, -0.2) is 40.1 Å². The number of carbonyl (C=O) groups is 1. The second kappa shape index (κ2) is 6.97. The molecule has 1 unspecified atom stereocenters. The summed E-state index contributed by atoms with van der Waals surface area (Å²) in [7, 11) is 3.38. The van der Waals surface area contributed by atoms with Gasteiger partial charge in [-0.3, -0.25) is 9.59 Å². The molecule has 3 rings (SSSR count). The maximum atomic E-state index is 13.1. The average Bonchev–Trinajstić information content (AvgIpc) is 2.99. The van der Waals surface area contributed by atoms with Gasteiger partial charge in [0.1, 0.15) is 10.6 Å². The predicted molar refractivity (Wildman–Crippen MR) is 99.6 cm³/mol. The topological polar surface area (TPSA) is 66.1 Å². The summed E-state index contributed by atoms with van der Waals surface area (Å²) >= 11 is 2.56. The highest BCUT2D eigenvalue weighted by Crippen LogP contribution is 2.32. The van der Waals surface area contributed by atoms with Crippen molar-refractivity contribution in [3.63, 3.8) is 0 Å². The lowest BCUT2D eigenvalue weighted by atomic mass is 10.1. The standard InChI is InChI=1S/C17H16FN3O2S2/c1-9(16(23)21(2)3)25-17-19-14(22)13-12(8-24-15(13)20-17)10-4-6-11(18)7-5-10/h4-9H,1-3H3,(H,19,20,22). The maximum absolute atomic E-state index is 13.1. The van der Waals surface area contributed by atoms with Crippen molar-refractivity contribution in [2.45, 2.75) is 17.3 Å². The van der Waals surface area contributed by atoms with Gasteiger partial charge in [0.05, 0.1) is 10.6 Å². The lowest BCUT2D eigenvalue weighted by molar-refractivity contribution is -0.127. The molecule has 0 aliphatic carbocycles. The van der Waals surface area contributed by atoms with Crippen LogP contribution in [0.3, 0.4) is 0 Å². The van der Waals surface area contributed by atoms with Crippen LogP contribution in [0.1, 0.15) is 6.92 Å². The largest absolute Gasteiger partial charge is 0.348 e. The highest BCUT2D eigenvalue weighted by molar-refractivity contribution is 8.00. The molecule has 1 atom stereocenters. The van der Waals surface area contributed by atoms with E-state index in [-0.39, 0.29) is 22.5 Å². The first-order valence-corrected chi connectivity index (χ1v) is 9.28. The summed E-state index contributed by atoms with van der Waals surface area (Å²) in [5, 5.41) is 2.37. The Kier molecular flexibility index (Phi) is 4.91. The molecule has 2 heterocycles. The van der Waals surface area contributed by atoms with Crippen LogP contribution < -0.4 is 5.56 Å². The molecule has 0 radical (unpaired) electrons. The molecule has 0 saturated carbocycles. The number of halogens is 1. The lowest BCUT2D eigenvalue weighted by Gasteiger charge is -2.15. The van der Waals surface area contributed by atoms with E-state index in [1.54, 1.807) is 33.2 Å². The van der Waals surface area contributed by atoms with E-state index in [1.807, 2.05) is 5.38 Å². The minimum atomic E-state index is -0.355. The zero-order chi connectivity index (χ0) is 18.1. The van der Waals surface area contributed by atoms with Gasteiger partial charge in [0.2, 0.25) is 5.91 Å². The number of hydrogen-bond donors (Lipinski definition) is 1. The predicted octanol–water partition coefficient (Wildman–Crippen LogP) is 3.36. The average molecular weight is 377 g/mol. The van der Waals surface area contributed by atoms with E-state index in [9.17, 15) is 14.0 Å². The molecule has 1 amide bonds. The fourth-order valence-electron chi connectivity index (χ4n) is 2.41. The Hall–Kier alpha value is -2.19. The summed E-state index contributed by atoms with van der Waals surface area (Å²) in [6.45, 7) is 1.77. The van der Waals surface area contributed by atoms with Crippen LogP contribution in [0, 0.1) is 5.82 Å². The molecular formula is C17H16FN3O2S2. The minimum Gasteiger partial charge on any atom is -0.348 e. The molecule has 0 saturated heterocycles. The summed E-state index contributed by atoms with van der Waals surface area (Å²) in [4.78, 5) is 33.8. The van der Waals surface area contributed by atoms with Gasteiger partial charge in [0.15, 0.2) is 5.16 Å². The van der Waals surface area contributed by atoms with E-state index in [0.29, 0.717) is 15.4 Å². The molecule has 5 nitrogen and oxygen atoms in total. The molecular weight excluding hydrogens is 361 g/mol. The summed E-state index contributed by atoms with van der Waals surface area (Å²) in [6.07, 6.45) is 0. The summed E-state index contributed by atoms with van der Waals surface area (Å²) < 4.78 is 13.1. The summed E-state index contributed by atoms with van der Waals surface area (Å²) in [5.74, 6) is -0.375. The van der Waals surface area contributed by atoms with Crippen LogP contribution in [0.15, 0.2) is 39.6 Å². The number of thioether (sulfide) groups is 1. The fourth-order valence-corrected chi connectivity index (χ4v) is 4.36. The van der Waals surface area contributed by atoms with Crippen molar-refractivity contribution in [2.75, 3.05) is 14.1 Å². The van der Waals surface area contributed by atoms with Gasteiger partial charge in [0, 0.05) is 25.0 Å².